The van der Waals surface area contributed by atoms with E-state index in [0.717, 1.165) is 19.6 Å². The lowest BCUT2D eigenvalue weighted by molar-refractivity contribution is -0.274. The number of piperazine rings is 1. The molecule has 1 aliphatic rings. The maximum atomic E-state index is 12.2. The summed E-state index contributed by atoms with van der Waals surface area (Å²) >= 11 is 0. The first-order chi connectivity index (χ1) is 8.54. The van der Waals surface area contributed by atoms with Crippen molar-refractivity contribution in [1.29, 1.82) is 0 Å². The van der Waals surface area contributed by atoms with Gasteiger partial charge < -0.3 is 15.4 Å². The maximum absolute atomic E-state index is 12.2. The van der Waals surface area contributed by atoms with Crippen LogP contribution in [0.2, 0.25) is 0 Å². The third-order valence-corrected chi connectivity index (χ3v) is 2.79. The van der Waals surface area contributed by atoms with Crippen molar-refractivity contribution in [3.63, 3.8) is 0 Å². The first-order valence-electron chi connectivity index (χ1n) is 5.82. The van der Waals surface area contributed by atoms with Gasteiger partial charge in [-0.05, 0) is 18.1 Å². The molecular weight excluding hydrogens is 245 g/mol. The second-order valence-corrected chi connectivity index (χ2v) is 4.21. The van der Waals surface area contributed by atoms with E-state index in [2.05, 4.69) is 15.4 Å². The molecule has 0 radical (unpaired) electrons. The Morgan fingerprint density at radius 1 is 1.22 bits per heavy atom. The highest BCUT2D eigenvalue weighted by Crippen LogP contribution is 2.27. The Kier molecular flexibility index (Phi) is 4.08. The summed E-state index contributed by atoms with van der Waals surface area (Å²) in [7, 11) is 0. The van der Waals surface area contributed by atoms with Gasteiger partial charge in [-0.2, -0.15) is 0 Å². The lowest BCUT2D eigenvalue weighted by atomic mass is 10.0. The van der Waals surface area contributed by atoms with E-state index < -0.39 is 6.36 Å². The van der Waals surface area contributed by atoms with E-state index in [1.54, 1.807) is 12.1 Å². The van der Waals surface area contributed by atoms with Crippen LogP contribution in [0, 0.1) is 0 Å². The van der Waals surface area contributed by atoms with Crippen molar-refractivity contribution < 1.29 is 17.9 Å². The molecule has 100 valence electrons. The largest absolute Gasteiger partial charge is 0.573 e. The molecule has 18 heavy (non-hydrogen) atoms. The molecule has 0 amide bonds. The Morgan fingerprint density at radius 3 is 2.67 bits per heavy atom. The van der Waals surface area contributed by atoms with Gasteiger partial charge in [0.1, 0.15) is 5.75 Å². The molecule has 0 aromatic heterocycles. The highest BCUT2D eigenvalue weighted by atomic mass is 19.4. The van der Waals surface area contributed by atoms with E-state index in [4.69, 9.17) is 0 Å². The highest BCUT2D eigenvalue weighted by Gasteiger charge is 2.32. The van der Waals surface area contributed by atoms with Crippen molar-refractivity contribution in [2.24, 2.45) is 0 Å². The monoisotopic (exact) mass is 260 g/mol. The zero-order valence-corrected chi connectivity index (χ0v) is 9.76. The molecule has 0 unspecified atom stereocenters. The van der Waals surface area contributed by atoms with Gasteiger partial charge in [-0.3, -0.25) is 0 Å². The molecule has 1 aromatic rings. The lowest BCUT2D eigenvalue weighted by Gasteiger charge is -2.25. The van der Waals surface area contributed by atoms with Crippen LogP contribution < -0.4 is 15.4 Å². The summed E-state index contributed by atoms with van der Waals surface area (Å²) in [4.78, 5) is 0. The van der Waals surface area contributed by atoms with Crippen molar-refractivity contribution in [1.82, 2.24) is 10.6 Å². The van der Waals surface area contributed by atoms with E-state index in [-0.39, 0.29) is 11.8 Å². The number of alkyl halides is 3. The molecule has 2 rings (SSSR count). The molecule has 1 atom stereocenters. The molecular formula is C12H15F3N2O. The van der Waals surface area contributed by atoms with Crippen molar-refractivity contribution in [3.8, 4) is 5.75 Å². The standard InChI is InChI=1S/C12H15F3N2O/c13-12(14,15)18-11-4-2-1-3-9(11)7-10-8-16-5-6-17-10/h1-4,10,16-17H,5-8H2/t10-/m0/s1. The number of ether oxygens (including phenoxy) is 1. The molecule has 0 saturated carbocycles. The van der Waals surface area contributed by atoms with Crippen LogP contribution in [-0.2, 0) is 6.42 Å². The third-order valence-electron chi connectivity index (χ3n) is 2.79. The number of rotatable bonds is 3. The topological polar surface area (TPSA) is 33.3 Å². The summed E-state index contributed by atoms with van der Waals surface area (Å²) < 4.78 is 40.8. The molecule has 1 fully saturated rings. The van der Waals surface area contributed by atoms with Gasteiger partial charge in [-0.15, -0.1) is 13.2 Å². The third kappa shape index (κ3) is 3.89. The Labute approximate surface area is 103 Å². The summed E-state index contributed by atoms with van der Waals surface area (Å²) in [6.07, 6.45) is -4.13. The minimum absolute atomic E-state index is 0.114. The summed E-state index contributed by atoms with van der Waals surface area (Å²) in [5.41, 5.74) is 0.566. The van der Waals surface area contributed by atoms with Crippen LogP contribution in [0.3, 0.4) is 0 Å². The van der Waals surface area contributed by atoms with Gasteiger partial charge >= 0.3 is 6.36 Å². The van der Waals surface area contributed by atoms with Crippen LogP contribution in [0.4, 0.5) is 13.2 Å². The highest BCUT2D eigenvalue weighted by molar-refractivity contribution is 5.34. The lowest BCUT2D eigenvalue weighted by Crippen LogP contribution is -2.49. The van der Waals surface area contributed by atoms with Gasteiger partial charge in [0.05, 0.1) is 0 Å². The molecule has 0 bridgehead atoms. The molecule has 2 N–H and O–H groups in total. The van der Waals surface area contributed by atoms with Crippen LogP contribution in [-0.4, -0.2) is 32.0 Å². The molecule has 0 aliphatic carbocycles. The average molecular weight is 260 g/mol. The Balaban J connectivity index is 2.06. The van der Waals surface area contributed by atoms with Crippen LogP contribution in [0.15, 0.2) is 24.3 Å². The van der Waals surface area contributed by atoms with Gasteiger partial charge in [0, 0.05) is 25.7 Å². The van der Waals surface area contributed by atoms with E-state index in [1.807, 2.05) is 0 Å². The SMILES string of the molecule is FC(F)(F)Oc1ccccc1C[C@H]1CNCCN1. The number of benzene rings is 1. The molecule has 6 heteroatoms. The fourth-order valence-corrected chi connectivity index (χ4v) is 2.02. The number of nitrogens with one attached hydrogen (secondary N) is 2. The van der Waals surface area contributed by atoms with E-state index >= 15 is 0 Å². The van der Waals surface area contributed by atoms with Gasteiger partial charge in [-0.25, -0.2) is 0 Å². The first kappa shape index (κ1) is 13.2. The minimum atomic E-state index is -4.64. The number of hydrogen-bond acceptors (Lipinski definition) is 3. The summed E-state index contributed by atoms with van der Waals surface area (Å²) in [5, 5.41) is 6.46. The van der Waals surface area contributed by atoms with Crippen LogP contribution >= 0.6 is 0 Å². The van der Waals surface area contributed by atoms with Gasteiger partial charge in [0.2, 0.25) is 0 Å². The molecule has 0 spiro atoms. The quantitative estimate of drug-likeness (QED) is 0.867. The van der Waals surface area contributed by atoms with Crippen LogP contribution in [0.5, 0.6) is 5.75 Å². The predicted octanol–water partition coefficient (Wildman–Crippen LogP) is 1.69. The average Bonchev–Trinajstić information content (AvgIpc) is 2.31. The van der Waals surface area contributed by atoms with Crippen molar-refractivity contribution in [2.45, 2.75) is 18.8 Å². The minimum Gasteiger partial charge on any atom is -0.406 e. The maximum Gasteiger partial charge on any atom is 0.573 e. The summed E-state index contributed by atoms with van der Waals surface area (Å²) in [6.45, 7) is 2.46. The Bertz CT molecular complexity index is 389. The smallest absolute Gasteiger partial charge is 0.406 e. The van der Waals surface area contributed by atoms with Crippen LogP contribution in [0.1, 0.15) is 5.56 Å². The zero-order chi connectivity index (χ0) is 13.0. The van der Waals surface area contributed by atoms with E-state index in [9.17, 15) is 13.2 Å². The van der Waals surface area contributed by atoms with Gasteiger partial charge in [0.25, 0.3) is 0 Å². The van der Waals surface area contributed by atoms with Crippen molar-refractivity contribution in [3.05, 3.63) is 29.8 Å². The first-order valence-corrected chi connectivity index (χ1v) is 5.82. The van der Waals surface area contributed by atoms with Crippen LogP contribution in [0.25, 0.3) is 0 Å². The number of halogens is 3. The number of para-hydroxylation sites is 1. The predicted molar refractivity (Wildman–Crippen MR) is 61.5 cm³/mol. The molecule has 1 heterocycles. The van der Waals surface area contributed by atoms with Crippen molar-refractivity contribution in [2.75, 3.05) is 19.6 Å². The fourth-order valence-electron chi connectivity index (χ4n) is 2.02. The molecule has 1 aromatic carbocycles. The molecule has 1 aliphatic heterocycles. The second kappa shape index (κ2) is 5.58. The Hall–Kier alpha value is -1.27. The van der Waals surface area contributed by atoms with Gasteiger partial charge in [0.15, 0.2) is 0 Å². The number of hydrogen-bond donors (Lipinski definition) is 2. The van der Waals surface area contributed by atoms with E-state index in [1.165, 1.54) is 12.1 Å². The fraction of sp³-hybridized carbons (Fsp3) is 0.500. The van der Waals surface area contributed by atoms with Gasteiger partial charge in [-0.1, -0.05) is 18.2 Å². The summed E-state index contributed by atoms with van der Waals surface area (Å²) in [5.74, 6) is -0.114. The van der Waals surface area contributed by atoms with E-state index in [0.29, 0.717) is 12.0 Å². The normalized spacial score (nSPS) is 20.7. The molecule has 1 saturated heterocycles. The Morgan fingerprint density at radius 2 is 2.00 bits per heavy atom. The second-order valence-electron chi connectivity index (χ2n) is 4.21. The summed E-state index contributed by atoms with van der Waals surface area (Å²) in [6, 6.07) is 6.40. The molecule has 3 nitrogen and oxygen atoms in total. The van der Waals surface area contributed by atoms with Crippen molar-refractivity contribution >= 4 is 0 Å². The zero-order valence-electron chi connectivity index (χ0n) is 9.76.